The Bertz CT molecular complexity index is 894. The Kier molecular flexibility index (Phi) is 5.35. The minimum Gasteiger partial charge on any atom is -0.325 e. The number of rotatable bonds is 5. The number of nitrogens with zero attached hydrogens (tertiary/aromatic N) is 4. The van der Waals surface area contributed by atoms with Crippen LogP contribution in [0.25, 0.3) is 5.69 Å². The van der Waals surface area contributed by atoms with Crippen LogP contribution in [0.15, 0.2) is 47.6 Å². The minimum absolute atomic E-state index is 0.136. The van der Waals surface area contributed by atoms with Crippen molar-refractivity contribution in [3.8, 4) is 5.69 Å². The first-order valence-corrected chi connectivity index (χ1v) is 8.93. The quantitative estimate of drug-likeness (QED) is 0.691. The second-order valence-electron chi connectivity index (χ2n) is 5.51. The Labute approximate surface area is 154 Å². The molecule has 3 rings (SSSR count). The van der Waals surface area contributed by atoms with E-state index in [1.54, 1.807) is 28.9 Å². The Morgan fingerprint density at radius 1 is 1.20 bits per heavy atom. The molecule has 0 saturated heterocycles. The van der Waals surface area contributed by atoms with Gasteiger partial charge in [-0.1, -0.05) is 35.5 Å². The third-order valence-electron chi connectivity index (χ3n) is 3.49. The molecule has 0 saturated carbocycles. The minimum atomic E-state index is -0.136. The van der Waals surface area contributed by atoms with Gasteiger partial charge in [-0.3, -0.25) is 4.79 Å². The highest BCUT2D eigenvalue weighted by atomic mass is 35.5. The van der Waals surface area contributed by atoms with Crippen LogP contribution in [0, 0.1) is 13.8 Å². The number of amides is 1. The molecule has 0 fully saturated rings. The number of aryl methyl sites for hydroxylation is 2. The highest BCUT2D eigenvalue weighted by Crippen LogP contribution is 2.22. The van der Waals surface area contributed by atoms with Gasteiger partial charge >= 0.3 is 0 Å². The van der Waals surface area contributed by atoms with E-state index < -0.39 is 0 Å². The molecule has 6 nitrogen and oxygen atoms in total. The number of carbonyl (C=O) groups is 1. The highest BCUT2D eigenvalue weighted by Gasteiger charge is 2.13. The fourth-order valence-corrected chi connectivity index (χ4v) is 3.04. The van der Waals surface area contributed by atoms with Gasteiger partial charge in [0.15, 0.2) is 0 Å². The van der Waals surface area contributed by atoms with Crippen molar-refractivity contribution < 1.29 is 4.79 Å². The summed E-state index contributed by atoms with van der Waals surface area (Å²) in [6.45, 7) is 4.01. The third kappa shape index (κ3) is 4.37. The zero-order valence-corrected chi connectivity index (χ0v) is 15.3. The Morgan fingerprint density at radius 2 is 1.96 bits per heavy atom. The van der Waals surface area contributed by atoms with Crippen LogP contribution in [0.3, 0.4) is 0 Å². The fourth-order valence-electron chi connectivity index (χ4n) is 2.23. The van der Waals surface area contributed by atoms with Gasteiger partial charge in [0.2, 0.25) is 11.1 Å². The van der Waals surface area contributed by atoms with Crippen LogP contribution in [-0.4, -0.2) is 31.9 Å². The second kappa shape index (κ2) is 7.67. The number of hydrogen-bond donors (Lipinski definition) is 1. The van der Waals surface area contributed by atoms with Crippen molar-refractivity contribution in [2.24, 2.45) is 0 Å². The summed E-state index contributed by atoms with van der Waals surface area (Å²) in [4.78, 5) is 12.1. The lowest BCUT2D eigenvalue weighted by Crippen LogP contribution is -2.14. The maximum absolute atomic E-state index is 12.1. The molecule has 2 aromatic carbocycles. The Balaban J connectivity index is 1.68. The predicted molar refractivity (Wildman–Crippen MR) is 99.4 cm³/mol. The number of carbonyl (C=O) groups excluding carboxylic acids is 1. The lowest BCUT2D eigenvalue weighted by Gasteiger charge is -2.09. The van der Waals surface area contributed by atoms with Gasteiger partial charge in [-0.2, -0.15) is 4.68 Å². The first-order valence-electron chi connectivity index (χ1n) is 7.57. The van der Waals surface area contributed by atoms with Crippen molar-refractivity contribution in [3.05, 3.63) is 58.6 Å². The summed E-state index contributed by atoms with van der Waals surface area (Å²) < 4.78 is 1.66. The molecule has 3 aromatic rings. The van der Waals surface area contributed by atoms with E-state index >= 15 is 0 Å². The number of benzene rings is 2. The largest absolute Gasteiger partial charge is 0.325 e. The molecule has 1 N–H and O–H groups in total. The number of nitrogens with one attached hydrogen (secondary N) is 1. The molecular weight excluding hydrogens is 358 g/mol. The molecule has 1 amide bonds. The fraction of sp³-hybridized carbons (Fsp3) is 0.176. The molecule has 0 aliphatic rings. The van der Waals surface area contributed by atoms with Gasteiger partial charge in [-0.25, -0.2) is 0 Å². The zero-order valence-electron chi connectivity index (χ0n) is 13.7. The monoisotopic (exact) mass is 373 g/mol. The molecule has 0 unspecified atom stereocenters. The van der Waals surface area contributed by atoms with E-state index in [0.717, 1.165) is 16.8 Å². The second-order valence-corrected chi connectivity index (χ2v) is 6.89. The molecule has 0 spiro atoms. The van der Waals surface area contributed by atoms with Crippen molar-refractivity contribution in [3.63, 3.8) is 0 Å². The molecule has 0 aliphatic heterocycles. The molecule has 0 radical (unpaired) electrons. The molecule has 0 atom stereocenters. The normalized spacial score (nSPS) is 10.7. The van der Waals surface area contributed by atoms with Gasteiger partial charge in [0.05, 0.1) is 11.4 Å². The Morgan fingerprint density at radius 3 is 2.72 bits per heavy atom. The van der Waals surface area contributed by atoms with Crippen LogP contribution in [0.1, 0.15) is 11.1 Å². The van der Waals surface area contributed by atoms with Gasteiger partial charge in [0.25, 0.3) is 0 Å². The topological polar surface area (TPSA) is 72.7 Å². The molecule has 1 heterocycles. The van der Waals surface area contributed by atoms with Crippen molar-refractivity contribution in [2.45, 2.75) is 19.0 Å². The smallest absolute Gasteiger partial charge is 0.234 e. The van der Waals surface area contributed by atoms with E-state index in [9.17, 15) is 4.79 Å². The van der Waals surface area contributed by atoms with E-state index in [-0.39, 0.29) is 11.7 Å². The van der Waals surface area contributed by atoms with Gasteiger partial charge < -0.3 is 5.32 Å². The number of aromatic nitrogens is 4. The first-order chi connectivity index (χ1) is 12.0. The summed E-state index contributed by atoms with van der Waals surface area (Å²) in [5.41, 5.74) is 3.78. The number of thioether (sulfide) groups is 1. The highest BCUT2D eigenvalue weighted by molar-refractivity contribution is 7.99. The van der Waals surface area contributed by atoms with E-state index in [2.05, 4.69) is 20.8 Å². The van der Waals surface area contributed by atoms with Gasteiger partial charge in [0, 0.05) is 10.7 Å². The Hall–Kier alpha value is -2.38. The maximum Gasteiger partial charge on any atom is 0.234 e. The van der Waals surface area contributed by atoms with Crippen LogP contribution in [0.2, 0.25) is 5.02 Å². The van der Waals surface area contributed by atoms with Gasteiger partial charge in [-0.15, -0.1) is 5.10 Å². The van der Waals surface area contributed by atoms with Crippen LogP contribution < -0.4 is 5.32 Å². The lowest BCUT2D eigenvalue weighted by molar-refractivity contribution is -0.113. The molecule has 128 valence electrons. The van der Waals surface area contributed by atoms with E-state index in [0.29, 0.717) is 15.9 Å². The summed E-state index contributed by atoms with van der Waals surface area (Å²) in [7, 11) is 0. The van der Waals surface area contributed by atoms with Crippen molar-refractivity contribution in [2.75, 3.05) is 11.1 Å². The predicted octanol–water partition coefficient (Wildman–Crippen LogP) is 3.66. The van der Waals surface area contributed by atoms with Crippen molar-refractivity contribution in [1.29, 1.82) is 0 Å². The average Bonchev–Trinajstić information content (AvgIpc) is 3.05. The number of hydrogen-bond acceptors (Lipinski definition) is 5. The standard InChI is InChI=1S/C17H16ClN5OS/c1-11-3-4-12(2)15(9-11)23-17(20-21-22-23)25-10-16(24)19-14-7-5-13(18)6-8-14/h3-9H,10H2,1-2H3,(H,19,24). The molecular formula is C17H16ClN5OS. The lowest BCUT2D eigenvalue weighted by atomic mass is 10.1. The van der Waals surface area contributed by atoms with Crippen molar-refractivity contribution >= 4 is 35.0 Å². The van der Waals surface area contributed by atoms with E-state index in [4.69, 9.17) is 11.6 Å². The summed E-state index contributed by atoms with van der Waals surface area (Å²) in [6, 6.07) is 13.0. The summed E-state index contributed by atoms with van der Waals surface area (Å²) in [6.07, 6.45) is 0. The number of anilines is 1. The molecule has 1 aromatic heterocycles. The molecule has 25 heavy (non-hydrogen) atoms. The van der Waals surface area contributed by atoms with Crippen LogP contribution in [-0.2, 0) is 4.79 Å². The third-order valence-corrected chi connectivity index (χ3v) is 4.67. The number of tetrazole rings is 1. The summed E-state index contributed by atoms with van der Waals surface area (Å²) in [5.74, 6) is 0.0660. The number of halogens is 1. The average molecular weight is 374 g/mol. The van der Waals surface area contributed by atoms with Crippen molar-refractivity contribution in [1.82, 2.24) is 20.2 Å². The van der Waals surface area contributed by atoms with Gasteiger partial charge in [-0.05, 0) is 65.7 Å². The van der Waals surface area contributed by atoms with Crippen LogP contribution in [0.4, 0.5) is 5.69 Å². The van der Waals surface area contributed by atoms with Crippen LogP contribution in [0.5, 0.6) is 0 Å². The molecule has 8 heteroatoms. The first kappa shape index (κ1) is 17.4. The van der Waals surface area contributed by atoms with Gasteiger partial charge in [0.1, 0.15) is 0 Å². The molecule has 0 aliphatic carbocycles. The van der Waals surface area contributed by atoms with Crippen LogP contribution >= 0.6 is 23.4 Å². The van der Waals surface area contributed by atoms with E-state index in [1.807, 2.05) is 32.0 Å². The van der Waals surface area contributed by atoms with E-state index in [1.165, 1.54) is 11.8 Å². The summed E-state index contributed by atoms with van der Waals surface area (Å²) in [5, 5.41) is 15.8. The zero-order chi connectivity index (χ0) is 17.8. The SMILES string of the molecule is Cc1ccc(C)c(-n2nnnc2SCC(=O)Nc2ccc(Cl)cc2)c1. The molecule has 0 bridgehead atoms. The maximum atomic E-state index is 12.1. The summed E-state index contributed by atoms with van der Waals surface area (Å²) >= 11 is 7.12.